The third-order valence-electron chi connectivity index (χ3n) is 3.62. The molecule has 1 aromatic rings. The standard InChI is InChI=1S/C15H23NOPS.HI/c1-5-18(6-2,7-3)15(19-4)16-14(17)13-11-9-8-10-12-13;/h8-12H,5-7H2,1-4H3;1H/q+1;/p-1. The molecule has 0 aromatic heterocycles. The van der Waals surface area contributed by atoms with Crippen LogP contribution >= 0.6 is 19.0 Å². The van der Waals surface area contributed by atoms with Gasteiger partial charge in [0.15, 0.2) is 0 Å². The van der Waals surface area contributed by atoms with Crippen LogP contribution in [-0.4, -0.2) is 35.4 Å². The quantitative estimate of drug-likeness (QED) is 0.312. The van der Waals surface area contributed by atoms with E-state index in [1.807, 2.05) is 36.6 Å². The molecule has 20 heavy (non-hydrogen) atoms. The molecule has 1 amide bonds. The Morgan fingerprint density at radius 2 is 1.60 bits per heavy atom. The Bertz CT molecular complexity index is 438. The van der Waals surface area contributed by atoms with Crippen molar-refractivity contribution in [3.05, 3.63) is 35.9 Å². The van der Waals surface area contributed by atoms with Crippen LogP contribution in [0.25, 0.3) is 0 Å². The number of amides is 1. The maximum absolute atomic E-state index is 12.2. The average molecular weight is 423 g/mol. The molecule has 0 heterocycles. The monoisotopic (exact) mass is 423 g/mol. The van der Waals surface area contributed by atoms with E-state index in [4.69, 9.17) is 0 Å². The Balaban J connectivity index is 0.00000361. The topological polar surface area (TPSA) is 29.4 Å². The van der Waals surface area contributed by atoms with Gasteiger partial charge in [0.1, 0.15) is 0 Å². The second-order valence-electron chi connectivity index (χ2n) is 4.36. The molecule has 0 unspecified atom stereocenters. The molecule has 0 spiro atoms. The molecule has 0 saturated carbocycles. The summed E-state index contributed by atoms with van der Waals surface area (Å²) in [5.41, 5.74) is 0.676. The molecule has 2 nitrogen and oxygen atoms in total. The predicted octanol–water partition coefficient (Wildman–Crippen LogP) is 1.63. The van der Waals surface area contributed by atoms with Gasteiger partial charge in [-0.3, -0.25) is 4.79 Å². The number of hydrogen-bond donors (Lipinski definition) is 0. The summed E-state index contributed by atoms with van der Waals surface area (Å²) in [5.74, 6) is -0.107. The van der Waals surface area contributed by atoms with Gasteiger partial charge in [-0.15, -0.1) is 0 Å². The normalized spacial score (nSPS) is 11.9. The maximum atomic E-state index is 12.2. The summed E-state index contributed by atoms with van der Waals surface area (Å²) in [6.07, 6.45) is 5.41. The second-order valence-corrected chi connectivity index (χ2v) is 10.1. The Hall–Kier alpha value is 0.0700. The van der Waals surface area contributed by atoms with Crippen molar-refractivity contribution >= 4 is 29.7 Å². The fourth-order valence-electron chi connectivity index (χ4n) is 2.15. The van der Waals surface area contributed by atoms with E-state index in [0.717, 1.165) is 23.3 Å². The van der Waals surface area contributed by atoms with Crippen molar-refractivity contribution in [1.82, 2.24) is 0 Å². The maximum Gasteiger partial charge on any atom is 0.280 e. The number of hydrogen-bond acceptors (Lipinski definition) is 2. The number of benzene rings is 1. The summed E-state index contributed by atoms with van der Waals surface area (Å²) >= 11 is 1.65. The first-order valence-corrected chi connectivity index (χ1v) is 10.3. The van der Waals surface area contributed by atoms with Gasteiger partial charge in [-0.25, -0.2) is 0 Å². The van der Waals surface area contributed by atoms with Gasteiger partial charge in [0.05, 0.1) is 25.7 Å². The van der Waals surface area contributed by atoms with Crippen LogP contribution in [0.2, 0.25) is 0 Å². The van der Waals surface area contributed by atoms with Crippen molar-refractivity contribution < 1.29 is 28.8 Å². The number of carbonyl (C=O) groups is 1. The van der Waals surface area contributed by atoms with Gasteiger partial charge in [0.25, 0.3) is 5.91 Å². The minimum absolute atomic E-state index is 0. The van der Waals surface area contributed by atoms with Gasteiger partial charge in [-0.05, 0) is 39.2 Å². The van der Waals surface area contributed by atoms with Crippen molar-refractivity contribution in [2.75, 3.05) is 24.7 Å². The summed E-state index contributed by atoms with van der Waals surface area (Å²) < 4.78 is 0. The SMILES string of the molecule is CC[P+](CC)(CC)C(=NC(=O)c1ccccc1)SC.[I-]. The molecule has 0 aliphatic heterocycles. The van der Waals surface area contributed by atoms with E-state index >= 15 is 0 Å². The molecule has 0 fully saturated rings. The molecule has 0 atom stereocenters. The molecule has 0 N–H and O–H groups in total. The highest BCUT2D eigenvalue weighted by Crippen LogP contribution is 2.61. The van der Waals surface area contributed by atoms with Gasteiger partial charge < -0.3 is 24.0 Å². The van der Waals surface area contributed by atoms with Crippen molar-refractivity contribution in [3.63, 3.8) is 0 Å². The van der Waals surface area contributed by atoms with Crippen molar-refractivity contribution in [1.29, 1.82) is 0 Å². The Morgan fingerprint density at radius 3 is 2.00 bits per heavy atom. The first-order valence-electron chi connectivity index (χ1n) is 6.72. The van der Waals surface area contributed by atoms with Crippen LogP contribution in [0.15, 0.2) is 35.3 Å². The summed E-state index contributed by atoms with van der Waals surface area (Å²) in [4.78, 5) is 17.7. The van der Waals surface area contributed by atoms with Crippen LogP contribution in [0, 0.1) is 0 Å². The van der Waals surface area contributed by atoms with E-state index in [9.17, 15) is 4.79 Å². The lowest BCUT2D eigenvalue weighted by Crippen LogP contribution is -3.00. The number of carbonyl (C=O) groups excluding carboxylic acids is 1. The molecule has 1 rings (SSSR count). The Morgan fingerprint density at radius 1 is 1.10 bits per heavy atom. The molecule has 5 heteroatoms. The van der Waals surface area contributed by atoms with Gasteiger partial charge in [0, 0.05) is 5.56 Å². The van der Waals surface area contributed by atoms with Crippen molar-refractivity contribution in [2.24, 2.45) is 4.99 Å². The van der Waals surface area contributed by atoms with Gasteiger partial charge in [-0.2, -0.15) is 4.99 Å². The van der Waals surface area contributed by atoms with E-state index in [2.05, 4.69) is 25.8 Å². The van der Waals surface area contributed by atoms with Gasteiger partial charge in [-0.1, -0.05) is 30.0 Å². The third kappa shape index (κ3) is 4.81. The second kappa shape index (κ2) is 9.91. The summed E-state index contributed by atoms with van der Waals surface area (Å²) in [6, 6.07) is 9.33. The largest absolute Gasteiger partial charge is 1.00 e. The number of rotatable bonds is 5. The molecular weight excluding hydrogens is 400 g/mol. The molecule has 0 radical (unpaired) electrons. The smallest absolute Gasteiger partial charge is 0.280 e. The van der Waals surface area contributed by atoms with E-state index in [1.165, 1.54) is 0 Å². The number of nitrogens with zero attached hydrogens (tertiary/aromatic N) is 1. The lowest BCUT2D eigenvalue weighted by molar-refractivity contribution is -0.0000120. The minimum Gasteiger partial charge on any atom is -1.00 e. The van der Waals surface area contributed by atoms with Crippen molar-refractivity contribution in [3.8, 4) is 0 Å². The first-order chi connectivity index (χ1) is 9.13. The predicted molar refractivity (Wildman–Crippen MR) is 90.3 cm³/mol. The lowest BCUT2D eigenvalue weighted by atomic mass is 10.2. The Labute approximate surface area is 144 Å². The van der Waals surface area contributed by atoms with Crippen LogP contribution < -0.4 is 24.0 Å². The number of halogens is 1. The highest BCUT2D eigenvalue weighted by molar-refractivity contribution is 8.29. The number of thioether (sulfide) groups is 1. The minimum atomic E-state index is -1.23. The summed E-state index contributed by atoms with van der Waals surface area (Å²) in [6.45, 7) is 6.67. The van der Waals surface area contributed by atoms with Crippen molar-refractivity contribution in [2.45, 2.75) is 20.8 Å². The van der Waals surface area contributed by atoms with Crippen LogP contribution in [0.1, 0.15) is 31.1 Å². The van der Waals surface area contributed by atoms with Crippen LogP contribution in [0.5, 0.6) is 0 Å². The fraction of sp³-hybridized carbons (Fsp3) is 0.467. The third-order valence-corrected chi connectivity index (χ3v) is 10.3. The molecular formula is C15H23INOPS. The van der Waals surface area contributed by atoms with E-state index in [-0.39, 0.29) is 29.9 Å². The zero-order valence-electron chi connectivity index (χ0n) is 12.6. The fourth-order valence-corrected chi connectivity index (χ4v) is 7.50. The average Bonchev–Trinajstić information content (AvgIpc) is 2.49. The Kier molecular flexibility index (Phi) is 9.94. The highest BCUT2D eigenvalue weighted by atomic mass is 127. The zero-order chi connectivity index (χ0) is 14.3. The zero-order valence-corrected chi connectivity index (χ0v) is 16.5. The van der Waals surface area contributed by atoms with Gasteiger partial charge >= 0.3 is 0 Å². The summed E-state index contributed by atoms with van der Waals surface area (Å²) in [5, 5.41) is 0. The molecule has 0 aliphatic rings. The van der Waals surface area contributed by atoms with Gasteiger partial charge in [0.2, 0.25) is 4.78 Å². The highest BCUT2D eigenvalue weighted by Gasteiger charge is 2.38. The molecule has 112 valence electrons. The molecule has 1 aromatic carbocycles. The lowest BCUT2D eigenvalue weighted by Gasteiger charge is -2.22. The van der Waals surface area contributed by atoms with Crippen LogP contribution in [0.4, 0.5) is 0 Å². The first kappa shape index (κ1) is 20.1. The van der Waals surface area contributed by atoms with E-state index in [1.54, 1.807) is 11.8 Å². The molecule has 0 bridgehead atoms. The van der Waals surface area contributed by atoms with Crippen LogP contribution in [0.3, 0.4) is 0 Å². The number of aliphatic imine (C=N–C) groups is 1. The molecule has 0 aliphatic carbocycles. The van der Waals surface area contributed by atoms with E-state index in [0.29, 0.717) is 5.56 Å². The molecule has 0 saturated heterocycles. The summed E-state index contributed by atoms with van der Waals surface area (Å²) in [7, 11) is -1.23. The van der Waals surface area contributed by atoms with Crippen LogP contribution in [-0.2, 0) is 0 Å². The van der Waals surface area contributed by atoms with E-state index < -0.39 is 7.26 Å².